The SMILES string of the molecule is CC(C/C=C/C=C/[C@H]1CC[C@]2(C[C@@H]3OC[C@](C)(C(=O)O)[C@@H]3O2)O1)OC(=O)C(C)C(C)O. The van der Waals surface area contributed by atoms with E-state index in [9.17, 15) is 19.8 Å². The standard InChI is InChI=1S/C23H34O8/c1-14(29-20(25)15(2)16(3)24)8-6-5-7-9-17-10-11-23(30-17)12-18-19(31-23)22(4,13-28-18)21(26)27/h5-7,9,14-19,24H,8,10-13H2,1-4H3,(H,26,27)/b6-5+,9-7+/t14?,15?,16?,17-,18-,19+,22-,23-/m0/s1. The largest absolute Gasteiger partial charge is 0.481 e. The second kappa shape index (κ2) is 9.40. The van der Waals surface area contributed by atoms with Gasteiger partial charge in [0, 0.05) is 19.3 Å². The zero-order chi connectivity index (χ0) is 22.8. The molecule has 31 heavy (non-hydrogen) atoms. The van der Waals surface area contributed by atoms with Gasteiger partial charge in [-0.3, -0.25) is 9.59 Å². The third-order valence-corrected chi connectivity index (χ3v) is 6.53. The number of aliphatic carboxylic acids is 1. The zero-order valence-corrected chi connectivity index (χ0v) is 18.7. The van der Waals surface area contributed by atoms with Crippen molar-refractivity contribution in [2.45, 2.75) is 89.7 Å². The molecule has 0 aliphatic carbocycles. The predicted octanol–water partition coefficient (Wildman–Crippen LogP) is 2.59. The summed E-state index contributed by atoms with van der Waals surface area (Å²) >= 11 is 0. The molecule has 8 nitrogen and oxygen atoms in total. The highest BCUT2D eigenvalue weighted by atomic mass is 16.7. The van der Waals surface area contributed by atoms with Gasteiger partial charge in [-0.05, 0) is 34.1 Å². The molecule has 1 spiro atoms. The first-order chi connectivity index (χ1) is 14.6. The number of esters is 1. The molecule has 0 bridgehead atoms. The maximum Gasteiger partial charge on any atom is 0.314 e. The highest BCUT2D eigenvalue weighted by molar-refractivity contribution is 5.76. The molecule has 3 saturated heterocycles. The van der Waals surface area contributed by atoms with E-state index in [0.717, 1.165) is 6.42 Å². The second-order valence-corrected chi connectivity index (χ2v) is 9.25. The Hall–Kier alpha value is -1.74. The van der Waals surface area contributed by atoms with Crippen molar-refractivity contribution in [3.63, 3.8) is 0 Å². The van der Waals surface area contributed by atoms with Crippen molar-refractivity contribution in [3.8, 4) is 0 Å². The lowest BCUT2D eigenvalue weighted by Crippen LogP contribution is -2.42. The summed E-state index contributed by atoms with van der Waals surface area (Å²) in [5, 5.41) is 19.0. The van der Waals surface area contributed by atoms with Crippen LogP contribution in [0.2, 0.25) is 0 Å². The highest BCUT2D eigenvalue weighted by Crippen LogP contribution is 2.51. The monoisotopic (exact) mass is 438 g/mol. The number of rotatable bonds is 8. The average Bonchev–Trinajstić information content (AvgIpc) is 3.36. The van der Waals surface area contributed by atoms with Crippen molar-refractivity contribution in [1.29, 1.82) is 0 Å². The van der Waals surface area contributed by atoms with Gasteiger partial charge in [0.15, 0.2) is 5.79 Å². The van der Waals surface area contributed by atoms with Gasteiger partial charge in [-0.15, -0.1) is 0 Å². The Labute approximate surface area is 183 Å². The summed E-state index contributed by atoms with van der Waals surface area (Å²) in [6.07, 6.45) is 8.38. The quantitative estimate of drug-likeness (QED) is 0.439. The van der Waals surface area contributed by atoms with Gasteiger partial charge in [0.1, 0.15) is 17.6 Å². The molecule has 0 saturated carbocycles. The minimum atomic E-state index is -1.04. The van der Waals surface area contributed by atoms with Crippen LogP contribution in [0.1, 0.15) is 53.4 Å². The molecule has 0 radical (unpaired) electrons. The molecule has 0 aromatic carbocycles. The van der Waals surface area contributed by atoms with E-state index in [0.29, 0.717) is 19.3 Å². The molecule has 8 atom stereocenters. The molecular formula is C23H34O8. The summed E-state index contributed by atoms with van der Waals surface area (Å²) in [7, 11) is 0. The van der Waals surface area contributed by atoms with Gasteiger partial charge in [0.25, 0.3) is 0 Å². The van der Waals surface area contributed by atoms with Crippen molar-refractivity contribution in [3.05, 3.63) is 24.3 Å². The lowest BCUT2D eigenvalue weighted by Gasteiger charge is -2.29. The number of hydrogen-bond acceptors (Lipinski definition) is 7. The van der Waals surface area contributed by atoms with Crippen molar-refractivity contribution in [1.82, 2.24) is 0 Å². The van der Waals surface area contributed by atoms with Gasteiger partial charge < -0.3 is 29.2 Å². The van der Waals surface area contributed by atoms with E-state index in [4.69, 9.17) is 18.9 Å². The smallest absolute Gasteiger partial charge is 0.314 e. The maximum absolute atomic E-state index is 11.8. The van der Waals surface area contributed by atoms with Crippen LogP contribution >= 0.6 is 0 Å². The molecule has 3 heterocycles. The Morgan fingerprint density at radius 3 is 2.65 bits per heavy atom. The molecular weight excluding hydrogens is 404 g/mol. The van der Waals surface area contributed by atoms with E-state index >= 15 is 0 Å². The fourth-order valence-corrected chi connectivity index (χ4v) is 4.22. The summed E-state index contributed by atoms with van der Waals surface area (Å²) in [6.45, 7) is 6.85. The van der Waals surface area contributed by atoms with Crippen LogP contribution in [0.3, 0.4) is 0 Å². The Bertz CT molecular complexity index is 731. The molecule has 3 rings (SSSR count). The Morgan fingerprint density at radius 1 is 1.23 bits per heavy atom. The molecule has 3 aliphatic rings. The minimum Gasteiger partial charge on any atom is -0.481 e. The van der Waals surface area contributed by atoms with Crippen molar-refractivity contribution in [2.24, 2.45) is 11.3 Å². The van der Waals surface area contributed by atoms with Crippen LogP contribution in [0.5, 0.6) is 0 Å². The van der Waals surface area contributed by atoms with Gasteiger partial charge in [-0.1, -0.05) is 24.3 Å². The summed E-state index contributed by atoms with van der Waals surface area (Å²) < 4.78 is 23.3. The number of allylic oxidation sites excluding steroid dienone is 2. The number of fused-ring (bicyclic) bond motifs is 1. The van der Waals surface area contributed by atoms with E-state index in [1.165, 1.54) is 0 Å². The van der Waals surface area contributed by atoms with Crippen molar-refractivity contribution < 1.29 is 38.7 Å². The summed E-state index contributed by atoms with van der Waals surface area (Å²) in [4.78, 5) is 23.5. The number of hydrogen-bond donors (Lipinski definition) is 2. The molecule has 3 fully saturated rings. The molecule has 0 aromatic heterocycles. The van der Waals surface area contributed by atoms with E-state index in [1.54, 1.807) is 20.8 Å². The molecule has 174 valence electrons. The number of carbonyl (C=O) groups is 2. The van der Waals surface area contributed by atoms with Gasteiger partial charge >= 0.3 is 11.9 Å². The number of ether oxygens (including phenoxy) is 4. The van der Waals surface area contributed by atoms with Crippen LogP contribution in [-0.4, -0.2) is 65.1 Å². The van der Waals surface area contributed by atoms with E-state index in [-0.39, 0.29) is 24.9 Å². The number of carboxylic acids is 1. The average molecular weight is 439 g/mol. The first kappa shape index (κ1) is 23.9. The van der Waals surface area contributed by atoms with E-state index in [1.807, 2.05) is 31.2 Å². The van der Waals surface area contributed by atoms with Gasteiger partial charge in [-0.25, -0.2) is 0 Å². The Balaban J connectivity index is 1.44. The number of carbonyl (C=O) groups excluding carboxylic acids is 1. The first-order valence-corrected chi connectivity index (χ1v) is 11.0. The molecule has 2 N–H and O–H groups in total. The lowest BCUT2D eigenvalue weighted by atomic mass is 9.85. The summed E-state index contributed by atoms with van der Waals surface area (Å²) in [5.41, 5.74) is -1.04. The van der Waals surface area contributed by atoms with Crippen LogP contribution < -0.4 is 0 Å². The van der Waals surface area contributed by atoms with E-state index in [2.05, 4.69) is 0 Å². The molecule has 3 aliphatic heterocycles. The van der Waals surface area contributed by atoms with Crippen molar-refractivity contribution in [2.75, 3.05) is 6.61 Å². The van der Waals surface area contributed by atoms with Crippen LogP contribution in [0.25, 0.3) is 0 Å². The zero-order valence-electron chi connectivity index (χ0n) is 18.7. The van der Waals surface area contributed by atoms with Gasteiger partial charge in [0.2, 0.25) is 0 Å². The van der Waals surface area contributed by atoms with E-state index < -0.39 is 41.3 Å². The normalized spacial score (nSPS) is 38.0. The van der Waals surface area contributed by atoms with Crippen molar-refractivity contribution >= 4 is 11.9 Å². The van der Waals surface area contributed by atoms with Crippen LogP contribution in [0.4, 0.5) is 0 Å². The molecule has 3 unspecified atom stereocenters. The number of aliphatic hydroxyl groups is 1. The summed E-state index contributed by atoms with van der Waals surface area (Å²) in [5.74, 6) is -2.62. The topological polar surface area (TPSA) is 112 Å². The minimum absolute atomic E-state index is 0.110. The third kappa shape index (κ3) is 5.19. The highest BCUT2D eigenvalue weighted by Gasteiger charge is 2.63. The number of aliphatic hydroxyl groups excluding tert-OH is 1. The van der Waals surface area contributed by atoms with Crippen LogP contribution in [0.15, 0.2) is 24.3 Å². The molecule has 0 amide bonds. The number of carboxylic acid groups (broad SMARTS) is 1. The van der Waals surface area contributed by atoms with Gasteiger partial charge in [-0.2, -0.15) is 0 Å². The summed E-state index contributed by atoms with van der Waals surface area (Å²) in [6, 6.07) is 0. The first-order valence-electron chi connectivity index (χ1n) is 11.0. The predicted molar refractivity (Wildman–Crippen MR) is 111 cm³/mol. The third-order valence-electron chi connectivity index (χ3n) is 6.53. The molecule has 0 aromatic rings. The van der Waals surface area contributed by atoms with Gasteiger partial charge in [0.05, 0.1) is 30.8 Å². The van der Waals surface area contributed by atoms with Crippen LogP contribution in [0, 0.1) is 11.3 Å². The fraction of sp³-hybridized carbons (Fsp3) is 0.739. The Morgan fingerprint density at radius 2 is 1.97 bits per heavy atom. The molecule has 8 heteroatoms. The second-order valence-electron chi connectivity index (χ2n) is 9.25. The van der Waals surface area contributed by atoms with Crippen LogP contribution in [-0.2, 0) is 28.5 Å². The lowest BCUT2D eigenvalue weighted by molar-refractivity contribution is -0.225. The Kier molecular flexibility index (Phi) is 7.25. The fourth-order valence-electron chi connectivity index (χ4n) is 4.22. The maximum atomic E-state index is 11.8.